The number of benzene rings is 1. The average Bonchev–Trinajstić information content (AvgIpc) is 2.88. The van der Waals surface area contributed by atoms with E-state index in [1.165, 1.54) is 27.7 Å². The van der Waals surface area contributed by atoms with E-state index >= 15 is 0 Å². The molecule has 0 spiro atoms. The van der Waals surface area contributed by atoms with Crippen molar-refractivity contribution in [3.05, 3.63) is 26.1 Å². The fraction of sp³-hybridized carbons (Fsp3) is 0.625. The van der Waals surface area contributed by atoms with Gasteiger partial charge in [-0.05, 0) is 58.9 Å². The van der Waals surface area contributed by atoms with Crippen molar-refractivity contribution in [3.8, 4) is 0 Å². The molecule has 4 rings (SSSR count). The Morgan fingerprint density at radius 2 is 2.10 bits per heavy atom. The molecule has 0 radical (unpaired) electrons. The van der Waals surface area contributed by atoms with Gasteiger partial charge < -0.3 is 15.3 Å². The predicted molar refractivity (Wildman–Crippen MR) is 92.0 cm³/mol. The number of halogens is 2. The number of piperidine rings is 1. The van der Waals surface area contributed by atoms with Crippen LogP contribution in [0.1, 0.15) is 35.8 Å². The highest BCUT2D eigenvalue weighted by molar-refractivity contribution is 9.11. The molecule has 4 atom stereocenters. The Balaban J connectivity index is 1.85. The molecule has 0 bridgehead atoms. The van der Waals surface area contributed by atoms with Gasteiger partial charge in [0, 0.05) is 46.5 Å². The van der Waals surface area contributed by atoms with E-state index in [0.717, 1.165) is 24.0 Å². The largest absolute Gasteiger partial charge is 0.396 e. The van der Waals surface area contributed by atoms with Crippen molar-refractivity contribution in [2.24, 2.45) is 5.92 Å². The van der Waals surface area contributed by atoms with Crippen LogP contribution in [-0.2, 0) is 0 Å². The molecule has 2 unspecified atom stereocenters. The van der Waals surface area contributed by atoms with Crippen LogP contribution in [0.25, 0.3) is 0 Å². The molecule has 3 aliphatic rings. The van der Waals surface area contributed by atoms with E-state index in [2.05, 4.69) is 55.2 Å². The van der Waals surface area contributed by atoms with Gasteiger partial charge in [0.2, 0.25) is 0 Å². The number of hydrogen-bond acceptors (Lipinski definition) is 3. The standard InChI is InChI=1S/C16H20Br2N2O/c1-20-6-8(7-21)2-10-13(20)3-9-5-19-16-12(18)4-11(17)15(10)14(9)16/h4,8-10,13,19,21H,2-3,5-7H2,1H3/t8?,9?,10-,13+/m0/s1. The zero-order valence-corrected chi connectivity index (χ0v) is 15.2. The monoisotopic (exact) mass is 414 g/mol. The highest BCUT2D eigenvalue weighted by Crippen LogP contribution is 2.54. The van der Waals surface area contributed by atoms with Gasteiger partial charge in [0.25, 0.3) is 0 Å². The molecule has 1 saturated heterocycles. The van der Waals surface area contributed by atoms with E-state index in [-0.39, 0.29) is 0 Å². The molecular weight excluding hydrogens is 396 g/mol. The third-order valence-electron chi connectivity index (χ3n) is 5.56. The zero-order valence-electron chi connectivity index (χ0n) is 12.1. The van der Waals surface area contributed by atoms with Crippen molar-refractivity contribution in [1.29, 1.82) is 0 Å². The number of fused-ring (bicyclic) bond motifs is 2. The summed E-state index contributed by atoms with van der Waals surface area (Å²) in [5, 5.41) is 13.2. The minimum absolute atomic E-state index is 0.297. The molecule has 1 aromatic carbocycles. The molecule has 1 aromatic rings. The second kappa shape index (κ2) is 5.22. The minimum atomic E-state index is 0.297. The lowest BCUT2D eigenvalue weighted by atomic mass is 9.69. The van der Waals surface area contributed by atoms with Crippen molar-refractivity contribution in [2.45, 2.75) is 30.7 Å². The Labute approximate surface area is 142 Å². The molecule has 0 saturated carbocycles. The zero-order chi connectivity index (χ0) is 14.7. The van der Waals surface area contributed by atoms with Gasteiger partial charge in [-0.15, -0.1) is 0 Å². The van der Waals surface area contributed by atoms with Gasteiger partial charge in [0.15, 0.2) is 0 Å². The van der Waals surface area contributed by atoms with E-state index in [4.69, 9.17) is 0 Å². The Morgan fingerprint density at radius 3 is 2.86 bits per heavy atom. The van der Waals surface area contributed by atoms with E-state index in [1.54, 1.807) is 0 Å². The number of nitrogens with one attached hydrogen (secondary N) is 1. The average molecular weight is 416 g/mol. The third-order valence-corrected chi connectivity index (χ3v) is 6.84. The number of anilines is 1. The highest BCUT2D eigenvalue weighted by Gasteiger charge is 2.45. The molecule has 1 aliphatic carbocycles. The molecule has 2 aliphatic heterocycles. The number of likely N-dealkylation sites (tertiary alicyclic amines) is 1. The third kappa shape index (κ3) is 2.12. The van der Waals surface area contributed by atoms with Crippen LogP contribution in [0.2, 0.25) is 0 Å². The van der Waals surface area contributed by atoms with Crippen molar-refractivity contribution in [1.82, 2.24) is 4.90 Å². The first-order valence-corrected chi connectivity index (χ1v) is 9.25. The van der Waals surface area contributed by atoms with Crippen LogP contribution in [0, 0.1) is 5.92 Å². The van der Waals surface area contributed by atoms with E-state index in [9.17, 15) is 5.11 Å². The second-order valence-corrected chi connectivity index (χ2v) is 8.46. The molecule has 0 amide bonds. The van der Waals surface area contributed by atoms with Gasteiger partial charge in [0.05, 0.1) is 5.69 Å². The van der Waals surface area contributed by atoms with Crippen LogP contribution in [0.5, 0.6) is 0 Å². The van der Waals surface area contributed by atoms with Gasteiger partial charge in [0.1, 0.15) is 0 Å². The summed E-state index contributed by atoms with van der Waals surface area (Å²) in [5.74, 6) is 1.56. The topological polar surface area (TPSA) is 35.5 Å². The van der Waals surface area contributed by atoms with Crippen LogP contribution in [-0.4, -0.2) is 42.8 Å². The second-order valence-electron chi connectivity index (χ2n) is 6.75. The molecular formula is C16H20Br2N2O. The van der Waals surface area contributed by atoms with Crippen molar-refractivity contribution in [2.75, 3.05) is 32.1 Å². The minimum Gasteiger partial charge on any atom is -0.396 e. The summed E-state index contributed by atoms with van der Waals surface area (Å²) >= 11 is 7.50. The maximum Gasteiger partial charge on any atom is 0.0524 e. The number of rotatable bonds is 1. The van der Waals surface area contributed by atoms with Crippen LogP contribution in [0.4, 0.5) is 5.69 Å². The summed E-state index contributed by atoms with van der Waals surface area (Å²) in [6, 6.07) is 2.80. The summed E-state index contributed by atoms with van der Waals surface area (Å²) in [5.41, 5.74) is 4.30. The van der Waals surface area contributed by atoms with Crippen LogP contribution in [0.15, 0.2) is 15.0 Å². The van der Waals surface area contributed by atoms with Crippen molar-refractivity contribution < 1.29 is 5.11 Å². The molecule has 0 aromatic heterocycles. The summed E-state index contributed by atoms with van der Waals surface area (Å²) in [6.45, 7) is 2.37. The molecule has 21 heavy (non-hydrogen) atoms. The lowest BCUT2D eigenvalue weighted by molar-refractivity contribution is 0.0657. The van der Waals surface area contributed by atoms with Gasteiger partial charge in [-0.1, -0.05) is 15.9 Å². The lowest BCUT2D eigenvalue weighted by Gasteiger charge is -2.47. The molecule has 2 N–H and O–H groups in total. The number of nitrogens with zero attached hydrogens (tertiary/aromatic N) is 1. The SMILES string of the molecule is CN1CC(CO)C[C@@H]2c3c(Br)cc(Br)c4c3C(CN4)C[C@H]21. The predicted octanol–water partition coefficient (Wildman–Crippen LogP) is 3.52. The summed E-state index contributed by atoms with van der Waals surface area (Å²) in [4.78, 5) is 2.48. The Morgan fingerprint density at radius 1 is 1.29 bits per heavy atom. The Hall–Kier alpha value is -0.100. The van der Waals surface area contributed by atoms with Gasteiger partial charge in [-0.25, -0.2) is 0 Å². The first-order valence-electron chi connectivity index (χ1n) is 7.67. The summed E-state index contributed by atoms with van der Waals surface area (Å²) in [6.07, 6.45) is 2.33. The molecule has 5 heteroatoms. The molecule has 2 heterocycles. The quantitative estimate of drug-likeness (QED) is 0.736. The Bertz CT molecular complexity index is 592. The number of aliphatic hydroxyl groups is 1. The summed E-state index contributed by atoms with van der Waals surface area (Å²) < 4.78 is 2.39. The first kappa shape index (κ1) is 14.5. The normalized spacial score (nSPS) is 34.3. The maximum absolute atomic E-state index is 9.62. The molecule has 114 valence electrons. The number of aliphatic hydroxyl groups excluding tert-OH is 1. The Kier molecular flexibility index (Phi) is 3.60. The number of hydrogen-bond donors (Lipinski definition) is 2. The summed E-state index contributed by atoms with van der Waals surface area (Å²) in [7, 11) is 2.22. The van der Waals surface area contributed by atoms with E-state index in [1.807, 2.05) is 0 Å². The highest BCUT2D eigenvalue weighted by atomic mass is 79.9. The van der Waals surface area contributed by atoms with Crippen molar-refractivity contribution in [3.63, 3.8) is 0 Å². The first-order chi connectivity index (χ1) is 10.1. The van der Waals surface area contributed by atoms with Crippen LogP contribution in [0.3, 0.4) is 0 Å². The van der Waals surface area contributed by atoms with E-state index in [0.29, 0.717) is 30.4 Å². The van der Waals surface area contributed by atoms with Crippen molar-refractivity contribution >= 4 is 37.5 Å². The van der Waals surface area contributed by atoms with Crippen LogP contribution < -0.4 is 5.32 Å². The van der Waals surface area contributed by atoms with E-state index < -0.39 is 0 Å². The maximum atomic E-state index is 9.62. The van der Waals surface area contributed by atoms with Gasteiger partial charge >= 0.3 is 0 Å². The smallest absolute Gasteiger partial charge is 0.0524 e. The van der Waals surface area contributed by atoms with Gasteiger partial charge in [-0.2, -0.15) is 0 Å². The molecule has 1 fully saturated rings. The molecule has 3 nitrogen and oxygen atoms in total. The fourth-order valence-electron chi connectivity index (χ4n) is 4.68. The van der Waals surface area contributed by atoms with Crippen LogP contribution >= 0.6 is 31.9 Å². The number of likely N-dealkylation sites (N-methyl/N-ethyl adjacent to an activating group) is 1. The lowest BCUT2D eigenvalue weighted by Crippen LogP contribution is -2.49. The fourth-order valence-corrected chi connectivity index (χ4v) is 6.31. The van der Waals surface area contributed by atoms with Gasteiger partial charge in [-0.3, -0.25) is 0 Å².